The van der Waals surface area contributed by atoms with E-state index >= 15 is 0 Å². The van der Waals surface area contributed by atoms with Crippen LogP contribution < -0.4 is 14.4 Å². The molecule has 0 saturated carbocycles. The zero-order valence-electron chi connectivity index (χ0n) is 24.5. The molecule has 1 fully saturated rings. The van der Waals surface area contributed by atoms with Gasteiger partial charge in [-0.1, -0.05) is 66.7 Å². The van der Waals surface area contributed by atoms with Crippen LogP contribution >= 0.6 is 0 Å². The fraction of sp³-hybridized carbons (Fsp3) is 0.188. The maximum atomic E-state index is 14.0. The second-order valence-electron chi connectivity index (χ2n) is 10.2. The predicted octanol–water partition coefficient (Wildman–Crippen LogP) is 4.06. The molecule has 0 radical (unpaired) electrons. The van der Waals surface area contributed by atoms with Gasteiger partial charge in [0.15, 0.2) is 16.0 Å². The second kappa shape index (κ2) is 13.1. The summed E-state index contributed by atoms with van der Waals surface area (Å²) >= 11 is 0. The van der Waals surface area contributed by atoms with Crippen LogP contribution in [0, 0.1) is 0 Å². The van der Waals surface area contributed by atoms with E-state index in [1.165, 1.54) is 42.3 Å². The van der Waals surface area contributed by atoms with Crippen molar-refractivity contribution in [2.24, 2.45) is 0 Å². The lowest BCUT2D eigenvalue weighted by Crippen LogP contribution is -2.65. The third-order valence-electron chi connectivity index (χ3n) is 7.21. The standard InChI is InChI=1S/C32H31N3O8S2/c1-42-26-14-16-27(17-15-26)45(40,41)33-30-31(36)34(19-20-35(30)32(37)43-22-23-9-5-3-6-10-23)25-13-18-28(24-11-7-4-8-12-24)29(21-25)44(2,38)39/h3-18,21,30,33H,19-20,22H2,1-2H3. The van der Waals surface area contributed by atoms with E-state index in [2.05, 4.69) is 4.72 Å². The number of sulfone groups is 1. The number of carbonyl (C=O) groups is 2. The SMILES string of the molecule is COc1ccc(S(=O)(=O)NC2C(=O)N(c3ccc(-c4ccccc4)c(S(C)(=O)=O)c3)CCN2C(=O)OCc2ccccc2)cc1. The zero-order chi connectivity index (χ0) is 32.2. The highest BCUT2D eigenvalue weighted by Gasteiger charge is 2.42. The molecule has 0 aliphatic carbocycles. The predicted molar refractivity (Wildman–Crippen MR) is 168 cm³/mol. The molecule has 4 aromatic rings. The molecule has 4 aromatic carbocycles. The highest BCUT2D eigenvalue weighted by molar-refractivity contribution is 7.91. The topological polar surface area (TPSA) is 139 Å². The Hall–Kier alpha value is -4.72. The number of nitrogens with zero attached hydrogens (tertiary/aromatic N) is 2. The van der Waals surface area contributed by atoms with Gasteiger partial charge in [0.25, 0.3) is 5.91 Å². The monoisotopic (exact) mass is 649 g/mol. The van der Waals surface area contributed by atoms with Gasteiger partial charge in [-0.15, -0.1) is 0 Å². The molecule has 234 valence electrons. The summed E-state index contributed by atoms with van der Waals surface area (Å²) in [4.78, 5) is 29.4. The maximum Gasteiger partial charge on any atom is 0.411 e. The smallest absolute Gasteiger partial charge is 0.411 e. The Balaban J connectivity index is 1.49. The minimum absolute atomic E-state index is 0.000867. The summed E-state index contributed by atoms with van der Waals surface area (Å²) in [5.74, 6) is -0.359. The third kappa shape index (κ3) is 7.17. The first-order chi connectivity index (χ1) is 21.5. The highest BCUT2D eigenvalue weighted by Crippen LogP contribution is 2.32. The number of sulfonamides is 1. The van der Waals surface area contributed by atoms with E-state index in [4.69, 9.17) is 9.47 Å². The lowest BCUT2D eigenvalue weighted by Gasteiger charge is -2.40. The second-order valence-corrected chi connectivity index (χ2v) is 13.9. The number of piperazine rings is 1. The van der Waals surface area contributed by atoms with E-state index in [0.29, 0.717) is 22.4 Å². The van der Waals surface area contributed by atoms with E-state index in [-0.39, 0.29) is 35.2 Å². The Morgan fingerprint density at radius 1 is 0.867 bits per heavy atom. The molecule has 1 aliphatic heterocycles. The van der Waals surface area contributed by atoms with Gasteiger partial charge in [-0.05, 0) is 47.5 Å². The Morgan fingerprint density at radius 3 is 2.13 bits per heavy atom. The average Bonchev–Trinajstić information content (AvgIpc) is 3.04. The van der Waals surface area contributed by atoms with Gasteiger partial charge in [0, 0.05) is 30.6 Å². The maximum absolute atomic E-state index is 14.0. The quantitative estimate of drug-likeness (QED) is 0.287. The van der Waals surface area contributed by atoms with Gasteiger partial charge in [-0.3, -0.25) is 9.69 Å². The molecule has 13 heteroatoms. The molecular formula is C32H31N3O8S2. The number of benzene rings is 4. The summed E-state index contributed by atoms with van der Waals surface area (Å²) in [5, 5.41) is 0. The van der Waals surface area contributed by atoms with Gasteiger partial charge in [0.2, 0.25) is 10.0 Å². The van der Waals surface area contributed by atoms with Crippen molar-refractivity contribution in [3.05, 3.63) is 109 Å². The number of hydrogen-bond acceptors (Lipinski definition) is 8. The summed E-state index contributed by atoms with van der Waals surface area (Å²) in [6.07, 6.45) is -1.51. The molecule has 11 nitrogen and oxygen atoms in total. The number of nitrogens with one attached hydrogen (secondary N) is 1. The van der Waals surface area contributed by atoms with Crippen LogP contribution in [0.1, 0.15) is 5.56 Å². The highest BCUT2D eigenvalue weighted by atomic mass is 32.2. The molecule has 0 bridgehead atoms. The first kappa shape index (κ1) is 31.7. The van der Waals surface area contributed by atoms with Crippen LogP contribution in [0.25, 0.3) is 11.1 Å². The van der Waals surface area contributed by atoms with Crippen molar-refractivity contribution in [2.45, 2.75) is 22.6 Å². The number of rotatable bonds is 9. The van der Waals surface area contributed by atoms with Crippen molar-refractivity contribution in [3.8, 4) is 16.9 Å². The van der Waals surface area contributed by atoms with Crippen molar-refractivity contribution < 1.29 is 35.9 Å². The molecule has 1 atom stereocenters. The van der Waals surface area contributed by atoms with Crippen LogP contribution in [0.2, 0.25) is 0 Å². The van der Waals surface area contributed by atoms with Gasteiger partial charge in [-0.2, -0.15) is 4.72 Å². The van der Waals surface area contributed by atoms with Gasteiger partial charge < -0.3 is 14.4 Å². The third-order valence-corrected chi connectivity index (χ3v) is 9.78. The molecule has 0 aromatic heterocycles. The summed E-state index contributed by atoms with van der Waals surface area (Å²) in [5.41, 5.74) is 2.06. The van der Waals surface area contributed by atoms with E-state index in [1.54, 1.807) is 60.7 Å². The summed E-state index contributed by atoms with van der Waals surface area (Å²) < 4.78 is 65.5. The zero-order valence-corrected chi connectivity index (χ0v) is 26.1. The Labute approximate surface area is 262 Å². The Morgan fingerprint density at radius 2 is 1.51 bits per heavy atom. The molecule has 1 aliphatic rings. The summed E-state index contributed by atoms with van der Waals surface area (Å²) in [6, 6.07) is 28.0. The van der Waals surface area contributed by atoms with Crippen LogP contribution in [0.5, 0.6) is 5.75 Å². The molecule has 1 unspecified atom stereocenters. The van der Waals surface area contributed by atoms with Crippen LogP contribution in [-0.2, 0) is 36.0 Å². The van der Waals surface area contributed by atoms with Gasteiger partial charge in [0.05, 0.1) is 16.9 Å². The molecular weight excluding hydrogens is 618 g/mol. The summed E-state index contributed by atoms with van der Waals surface area (Å²) in [7, 11) is -6.63. The number of ether oxygens (including phenoxy) is 2. The fourth-order valence-corrected chi connectivity index (χ4v) is 6.98. The molecule has 0 spiro atoms. The Bertz CT molecular complexity index is 1900. The van der Waals surface area contributed by atoms with Crippen molar-refractivity contribution in [1.29, 1.82) is 0 Å². The van der Waals surface area contributed by atoms with Crippen molar-refractivity contribution in [1.82, 2.24) is 9.62 Å². The number of methoxy groups -OCH3 is 1. The van der Waals surface area contributed by atoms with Crippen molar-refractivity contribution in [3.63, 3.8) is 0 Å². The molecule has 1 heterocycles. The fourth-order valence-electron chi connectivity index (χ4n) is 4.91. The van der Waals surface area contributed by atoms with Crippen molar-refractivity contribution >= 4 is 37.5 Å². The first-order valence-corrected chi connectivity index (χ1v) is 17.2. The lowest BCUT2D eigenvalue weighted by molar-refractivity contribution is -0.125. The van der Waals surface area contributed by atoms with Crippen LogP contribution in [0.15, 0.2) is 113 Å². The minimum atomic E-state index is -4.33. The van der Waals surface area contributed by atoms with E-state index < -0.39 is 38.0 Å². The van der Waals surface area contributed by atoms with Gasteiger partial charge in [-0.25, -0.2) is 21.6 Å². The molecule has 1 N–H and O–H groups in total. The molecule has 45 heavy (non-hydrogen) atoms. The average molecular weight is 650 g/mol. The number of anilines is 1. The summed E-state index contributed by atoms with van der Waals surface area (Å²) in [6.45, 7) is -0.248. The van der Waals surface area contributed by atoms with Crippen LogP contribution in [0.4, 0.5) is 10.5 Å². The lowest BCUT2D eigenvalue weighted by atomic mass is 10.0. The largest absolute Gasteiger partial charge is 0.497 e. The van der Waals surface area contributed by atoms with E-state index in [9.17, 15) is 26.4 Å². The van der Waals surface area contributed by atoms with Crippen LogP contribution in [0.3, 0.4) is 0 Å². The number of carbonyl (C=O) groups excluding carboxylic acids is 2. The minimum Gasteiger partial charge on any atom is -0.497 e. The molecule has 1 saturated heterocycles. The van der Waals surface area contributed by atoms with Gasteiger partial charge >= 0.3 is 6.09 Å². The Kier molecular flexibility index (Phi) is 9.23. The van der Waals surface area contributed by atoms with E-state index in [0.717, 1.165) is 11.2 Å². The first-order valence-electron chi connectivity index (χ1n) is 13.8. The normalized spacial score (nSPS) is 15.5. The van der Waals surface area contributed by atoms with Crippen molar-refractivity contribution in [2.75, 3.05) is 31.4 Å². The number of amides is 2. The van der Waals surface area contributed by atoms with Gasteiger partial charge in [0.1, 0.15) is 12.4 Å². The molecule has 2 amide bonds. The van der Waals surface area contributed by atoms with E-state index in [1.807, 2.05) is 12.1 Å². The number of hydrogen-bond donors (Lipinski definition) is 1. The molecule has 5 rings (SSSR count). The van der Waals surface area contributed by atoms with Crippen LogP contribution in [-0.4, -0.2) is 66.4 Å².